The second-order valence-corrected chi connectivity index (χ2v) is 4.51. The molecule has 4 nitrogen and oxygen atoms in total. The van der Waals surface area contributed by atoms with Gasteiger partial charge in [0.1, 0.15) is 17.6 Å². The van der Waals surface area contributed by atoms with E-state index >= 15 is 0 Å². The number of halogens is 1. The van der Waals surface area contributed by atoms with Crippen molar-refractivity contribution in [2.75, 3.05) is 6.54 Å². The highest BCUT2D eigenvalue weighted by atomic mass is 79.9. The molecule has 5 heteroatoms. The predicted octanol–water partition coefficient (Wildman–Crippen LogP) is 2.84. The molecule has 2 aromatic heterocycles. The van der Waals surface area contributed by atoms with Gasteiger partial charge < -0.3 is 9.73 Å². The van der Waals surface area contributed by atoms with Crippen LogP contribution in [0.4, 0.5) is 0 Å². The Balaban J connectivity index is 2.39. The van der Waals surface area contributed by atoms with Gasteiger partial charge in [0.05, 0.1) is 16.4 Å². The summed E-state index contributed by atoms with van der Waals surface area (Å²) in [7, 11) is 0. The molecule has 0 fully saturated rings. The van der Waals surface area contributed by atoms with E-state index in [0.29, 0.717) is 0 Å². The normalized spacial score (nSPS) is 12.6. The molecule has 90 valence electrons. The van der Waals surface area contributed by atoms with Gasteiger partial charge in [0.15, 0.2) is 0 Å². The molecular weight excluding hydrogens is 282 g/mol. The van der Waals surface area contributed by atoms with Crippen LogP contribution in [-0.2, 0) is 0 Å². The van der Waals surface area contributed by atoms with Gasteiger partial charge in [0.25, 0.3) is 0 Å². The molecule has 0 saturated heterocycles. The van der Waals surface area contributed by atoms with E-state index in [2.05, 4.69) is 38.1 Å². The van der Waals surface area contributed by atoms with E-state index in [1.165, 1.54) is 0 Å². The summed E-state index contributed by atoms with van der Waals surface area (Å²) in [6.07, 6.45) is 3.43. The lowest BCUT2D eigenvalue weighted by molar-refractivity contribution is 0.444. The van der Waals surface area contributed by atoms with Crippen molar-refractivity contribution >= 4 is 15.9 Å². The van der Waals surface area contributed by atoms with Crippen LogP contribution in [0.3, 0.4) is 0 Å². The highest BCUT2D eigenvalue weighted by Crippen LogP contribution is 2.28. The Morgan fingerprint density at radius 1 is 1.47 bits per heavy atom. The average molecular weight is 296 g/mol. The summed E-state index contributed by atoms with van der Waals surface area (Å²) in [6, 6.07) is 3.73. The largest absolute Gasteiger partial charge is 0.466 e. The van der Waals surface area contributed by atoms with E-state index in [-0.39, 0.29) is 6.04 Å². The fourth-order valence-electron chi connectivity index (χ4n) is 1.68. The number of nitrogens with one attached hydrogen (secondary N) is 1. The second-order valence-electron chi connectivity index (χ2n) is 3.65. The van der Waals surface area contributed by atoms with Gasteiger partial charge in [-0.15, -0.1) is 0 Å². The first-order valence-corrected chi connectivity index (χ1v) is 6.27. The van der Waals surface area contributed by atoms with Crippen molar-refractivity contribution in [1.82, 2.24) is 15.3 Å². The zero-order chi connectivity index (χ0) is 12.3. The third-order valence-corrected chi connectivity index (χ3v) is 3.06. The number of furan rings is 1. The molecule has 0 aliphatic rings. The monoisotopic (exact) mass is 295 g/mol. The third-order valence-electron chi connectivity index (χ3n) is 2.41. The molecule has 0 amide bonds. The molecule has 2 heterocycles. The molecule has 1 atom stereocenters. The summed E-state index contributed by atoms with van der Waals surface area (Å²) in [4.78, 5) is 8.54. The van der Waals surface area contributed by atoms with E-state index in [9.17, 15) is 0 Å². The smallest absolute Gasteiger partial charge is 0.140 e. The molecule has 0 aliphatic heterocycles. The minimum absolute atomic E-state index is 0.0499. The summed E-state index contributed by atoms with van der Waals surface area (Å²) in [5, 5.41) is 3.36. The number of rotatable bonds is 4. The third kappa shape index (κ3) is 2.73. The number of hydrogen-bond acceptors (Lipinski definition) is 4. The second kappa shape index (κ2) is 5.42. The summed E-state index contributed by atoms with van der Waals surface area (Å²) < 4.78 is 6.45. The molecule has 2 rings (SSSR count). The Labute approximate surface area is 109 Å². The quantitative estimate of drug-likeness (QED) is 0.942. The standard InChI is InChI=1S/C12H14BrN3O/c1-3-14-11(12-9(13)5-7-17-12)10-4-6-15-8(2)16-10/h4-7,11,14H,3H2,1-2H3. The number of hydrogen-bond donors (Lipinski definition) is 1. The molecular formula is C12H14BrN3O. The highest BCUT2D eigenvalue weighted by molar-refractivity contribution is 9.10. The van der Waals surface area contributed by atoms with Gasteiger partial charge in [-0.25, -0.2) is 9.97 Å². The van der Waals surface area contributed by atoms with Crippen LogP contribution in [0.2, 0.25) is 0 Å². The van der Waals surface area contributed by atoms with Gasteiger partial charge in [0, 0.05) is 6.20 Å². The minimum atomic E-state index is -0.0499. The van der Waals surface area contributed by atoms with Gasteiger partial charge in [-0.2, -0.15) is 0 Å². The molecule has 0 aromatic carbocycles. The summed E-state index contributed by atoms with van der Waals surface area (Å²) in [6.45, 7) is 4.77. The van der Waals surface area contributed by atoms with Crippen molar-refractivity contribution in [2.45, 2.75) is 19.9 Å². The van der Waals surface area contributed by atoms with Crippen LogP contribution in [-0.4, -0.2) is 16.5 Å². The van der Waals surface area contributed by atoms with Gasteiger partial charge in [-0.05, 0) is 41.5 Å². The molecule has 0 radical (unpaired) electrons. The first kappa shape index (κ1) is 12.3. The topological polar surface area (TPSA) is 51.0 Å². The van der Waals surface area contributed by atoms with Gasteiger partial charge in [-0.1, -0.05) is 6.92 Å². The Morgan fingerprint density at radius 3 is 2.88 bits per heavy atom. The zero-order valence-corrected chi connectivity index (χ0v) is 11.4. The summed E-state index contributed by atoms with van der Waals surface area (Å²) in [5.41, 5.74) is 0.912. The van der Waals surface area contributed by atoms with E-state index in [1.54, 1.807) is 12.5 Å². The summed E-state index contributed by atoms with van der Waals surface area (Å²) in [5.74, 6) is 1.60. The first-order chi connectivity index (χ1) is 8.22. The van der Waals surface area contributed by atoms with Crippen molar-refractivity contribution < 1.29 is 4.42 Å². The SMILES string of the molecule is CCNC(c1ccnc(C)n1)c1occc1Br. The van der Waals surface area contributed by atoms with E-state index < -0.39 is 0 Å². The van der Waals surface area contributed by atoms with E-state index in [0.717, 1.165) is 28.3 Å². The van der Waals surface area contributed by atoms with Gasteiger partial charge >= 0.3 is 0 Å². The molecule has 1 N–H and O–H groups in total. The fraction of sp³-hybridized carbons (Fsp3) is 0.333. The van der Waals surface area contributed by atoms with Crippen molar-refractivity contribution in [3.05, 3.63) is 46.3 Å². The Bertz CT molecular complexity index is 498. The molecule has 17 heavy (non-hydrogen) atoms. The minimum Gasteiger partial charge on any atom is -0.466 e. The van der Waals surface area contributed by atoms with Crippen LogP contribution in [0, 0.1) is 6.92 Å². The average Bonchev–Trinajstić information content (AvgIpc) is 2.72. The zero-order valence-electron chi connectivity index (χ0n) is 9.77. The van der Waals surface area contributed by atoms with E-state index in [1.807, 2.05) is 19.1 Å². The molecule has 0 aliphatic carbocycles. The first-order valence-electron chi connectivity index (χ1n) is 5.48. The summed E-state index contributed by atoms with van der Waals surface area (Å²) >= 11 is 3.48. The Hall–Kier alpha value is -1.20. The maximum atomic E-state index is 5.50. The number of aryl methyl sites for hydroxylation is 1. The molecule has 1 unspecified atom stereocenters. The van der Waals surface area contributed by atoms with Crippen LogP contribution in [0.1, 0.15) is 30.2 Å². The lowest BCUT2D eigenvalue weighted by Crippen LogP contribution is -2.23. The Morgan fingerprint density at radius 2 is 2.29 bits per heavy atom. The van der Waals surface area contributed by atoms with Crippen LogP contribution in [0.5, 0.6) is 0 Å². The molecule has 0 saturated carbocycles. The number of aromatic nitrogens is 2. The fourth-order valence-corrected chi connectivity index (χ4v) is 2.11. The lowest BCUT2D eigenvalue weighted by atomic mass is 10.1. The van der Waals surface area contributed by atoms with Crippen LogP contribution < -0.4 is 5.32 Å². The predicted molar refractivity (Wildman–Crippen MR) is 68.7 cm³/mol. The molecule has 0 bridgehead atoms. The maximum absolute atomic E-state index is 5.50. The van der Waals surface area contributed by atoms with Crippen LogP contribution in [0.15, 0.2) is 33.5 Å². The van der Waals surface area contributed by atoms with Crippen molar-refractivity contribution in [3.8, 4) is 0 Å². The molecule has 2 aromatic rings. The van der Waals surface area contributed by atoms with Crippen LogP contribution in [0.25, 0.3) is 0 Å². The van der Waals surface area contributed by atoms with Crippen molar-refractivity contribution in [1.29, 1.82) is 0 Å². The van der Waals surface area contributed by atoms with Crippen molar-refractivity contribution in [2.24, 2.45) is 0 Å². The Kier molecular flexibility index (Phi) is 3.91. The van der Waals surface area contributed by atoms with Crippen LogP contribution >= 0.6 is 15.9 Å². The van der Waals surface area contributed by atoms with Gasteiger partial charge in [-0.3, -0.25) is 0 Å². The maximum Gasteiger partial charge on any atom is 0.140 e. The number of nitrogens with zero attached hydrogens (tertiary/aromatic N) is 2. The van der Waals surface area contributed by atoms with Gasteiger partial charge in [0.2, 0.25) is 0 Å². The molecule has 0 spiro atoms. The highest BCUT2D eigenvalue weighted by Gasteiger charge is 2.20. The van der Waals surface area contributed by atoms with E-state index in [4.69, 9.17) is 4.42 Å². The van der Waals surface area contributed by atoms with Crippen molar-refractivity contribution in [3.63, 3.8) is 0 Å². The lowest BCUT2D eigenvalue weighted by Gasteiger charge is -2.15.